The predicted octanol–water partition coefficient (Wildman–Crippen LogP) is 11.3. The lowest BCUT2D eigenvalue weighted by Gasteiger charge is -2.36. The zero-order chi connectivity index (χ0) is 49.4. The second-order valence-corrected chi connectivity index (χ2v) is 15.3. The minimum absolute atomic E-state index is 0.0516. The molecule has 0 unspecified atom stereocenters. The van der Waals surface area contributed by atoms with Crippen molar-refractivity contribution in [1.82, 2.24) is 5.32 Å². The van der Waals surface area contributed by atoms with Crippen LogP contribution in [0.15, 0.2) is 30.3 Å². The largest absolute Gasteiger partial charge is 0.494 e. The Morgan fingerprint density at radius 3 is 1.52 bits per heavy atom. The molecule has 0 atom stereocenters. The molecule has 1 amide bonds. The molecule has 0 saturated heterocycles. The third-order valence-corrected chi connectivity index (χ3v) is 10.2. The number of benzene rings is 1. The fraction of sp³-hybridized carbons (Fsp3) is 0.737. The summed E-state index contributed by atoms with van der Waals surface area (Å²) in [6.07, 6.45) is -16.4. The normalized spacial score (nSPS) is 18.0. The maximum atomic E-state index is 14.1. The molecule has 1 aliphatic carbocycles. The summed E-state index contributed by atoms with van der Waals surface area (Å²) >= 11 is 0. The van der Waals surface area contributed by atoms with E-state index in [1.807, 2.05) is 20.8 Å². The van der Waals surface area contributed by atoms with Crippen LogP contribution in [0, 0.1) is 5.41 Å². The van der Waals surface area contributed by atoms with Crippen LogP contribution in [0.1, 0.15) is 84.1 Å². The molecule has 0 heterocycles. The zero-order valence-electron chi connectivity index (χ0n) is 34.3. The van der Waals surface area contributed by atoms with Crippen LogP contribution in [0.2, 0.25) is 0 Å². The Bertz CT molecular complexity index is 1640. The van der Waals surface area contributed by atoms with Gasteiger partial charge in [-0.25, -0.2) is 4.79 Å². The van der Waals surface area contributed by atoms with Crippen LogP contribution in [-0.2, 0) is 28.5 Å². The van der Waals surface area contributed by atoms with E-state index in [2.05, 4.69) is 14.8 Å². The number of nitrogens with one attached hydrogen (secondary N) is 1. The van der Waals surface area contributed by atoms with Gasteiger partial charge in [-0.1, -0.05) is 32.9 Å². The molecule has 1 aromatic rings. The first-order valence-corrected chi connectivity index (χ1v) is 19.1. The van der Waals surface area contributed by atoms with Gasteiger partial charge in [-0.2, -0.15) is 79.0 Å². The fourth-order valence-electron chi connectivity index (χ4n) is 5.59. The average Bonchev–Trinajstić information content (AvgIpc) is 3.18. The molecule has 2 rings (SSSR count). The number of amides is 1. The quantitative estimate of drug-likeness (QED) is 0.0363. The van der Waals surface area contributed by atoms with Crippen molar-refractivity contribution < 1.29 is 112 Å². The Kier molecular flexibility index (Phi) is 18.4. The van der Waals surface area contributed by atoms with Crippen molar-refractivity contribution in [3.05, 3.63) is 35.9 Å². The summed E-state index contributed by atoms with van der Waals surface area (Å²) in [4.78, 5) is 24.9. The highest BCUT2D eigenvalue weighted by molar-refractivity contribution is 5.87. The molecule has 1 saturated carbocycles. The van der Waals surface area contributed by atoms with E-state index in [9.17, 15) is 88.6 Å². The molecular formula is C38H45F18NO7. The number of esters is 1. The Labute approximate surface area is 354 Å². The molecule has 1 N–H and O–H groups in total. The summed E-state index contributed by atoms with van der Waals surface area (Å²) in [6.45, 7) is 0.958. The number of ether oxygens (including phenoxy) is 5. The lowest BCUT2D eigenvalue weighted by atomic mass is 9.87. The molecule has 64 heavy (non-hydrogen) atoms. The number of carbonyl (C=O) groups is 2. The van der Waals surface area contributed by atoms with Crippen molar-refractivity contribution >= 4 is 18.0 Å². The van der Waals surface area contributed by atoms with Crippen LogP contribution in [0.3, 0.4) is 0 Å². The molecule has 26 heteroatoms. The van der Waals surface area contributed by atoms with E-state index in [-0.39, 0.29) is 17.7 Å². The molecule has 0 aromatic heterocycles. The summed E-state index contributed by atoms with van der Waals surface area (Å²) in [5.41, 5.74) is -0.0974. The highest BCUT2D eigenvalue weighted by Gasteiger charge is 2.82. The van der Waals surface area contributed by atoms with Crippen LogP contribution in [0.5, 0.6) is 5.75 Å². The topological polar surface area (TPSA) is 92.3 Å². The van der Waals surface area contributed by atoms with Crippen molar-refractivity contribution in [2.75, 3.05) is 26.9 Å². The van der Waals surface area contributed by atoms with Gasteiger partial charge >= 0.3 is 53.9 Å². The summed E-state index contributed by atoms with van der Waals surface area (Å²) in [6, 6.07) is 5.44. The molecule has 1 fully saturated rings. The standard InChI is InChI=1S/C38H45F18NO7/c1-5-29(2,3)28(59)57-24-10-14-26(15-11-24)64-27(58)16-9-23-7-12-25(13-8-23)61-20-6-17-32(60-4,62-21-18-30(39,40)33(43,44)35(47,48)37(51,52)53)63-22-19-31(41,42)34(45,46)36(49,50)38(54,55)56/h7-9,12-13,16,24,26H,5-6,10-11,14-15,17-22H2,1-4H3,(H,57,59)/b16-9+. The summed E-state index contributed by atoms with van der Waals surface area (Å²) in [7, 11) is 0.485. The highest BCUT2D eigenvalue weighted by Crippen LogP contribution is 2.55. The Morgan fingerprint density at radius 2 is 1.11 bits per heavy atom. The molecule has 0 aliphatic heterocycles. The second-order valence-electron chi connectivity index (χ2n) is 15.3. The van der Waals surface area contributed by atoms with Gasteiger partial charge in [0.2, 0.25) is 5.91 Å². The van der Waals surface area contributed by atoms with Crippen molar-refractivity contribution in [3.63, 3.8) is 0 Å². The molecule has 8 nitrogen and oxygen atoms in total. The van der Waals surface area contributed by atoms with Gasteiger partial charge in [-0.15, -0.1) is 0 Å². The number of hydrogen-bond acceptors (Lipinski definition) is 7. The van der Waals surface area contributed by atoms with Crippen LogP contribution in [0.4, 0.5) is 79.0 Å². The van der Waals surface area contributed by atoms with Crippen molar-refractivity contribution in [1.29, 1.82) is 0 Å². The van der Waals surface area contributed by atoms with E-state index in [0.29, 0.717) is 44.8 Å². The highest BCUT2D eigenvalue weighted by atomic mass is 19.4. The molecule has 370 valence electrons. The van der Waals surface area contributed by atoms with Gasteiger partial charge in [-0.05, 0) is 62.3 Å². The SMILES string of the molecule is CCC(C)(C)C(=O)NC1CCC(OC(=O)/C=C/c2ccc(OCCCC(OC)(OCCC(F)(F)C(F)(F)C(F)(F)C(F)(F)F)OCCC(F)(F)C(F)(F)C(F)(F)C(F)(F)F)cc2)CC1. The van der Waals surface area contributed by atoms with Gasteiger partial charge in [0.1, 0.15) is 11.9 Å². The van der Waals surface area contributed by atoms with Gasteiger partial charge in [0.15, 0.2) is 0 Å². The van der Waals surface area contributed by atoms with Crippen LogP contribution in [0.25, 0.3) is 6.08 Å². The van der Waals surface area contributed by atoms with E-state index in [1.165, 1.54) is 30.3 Å². The van der Waals surface area contributed by atoms with Gasteiger partial charge in [0, 0.05) is 43.9 Å². The molecular weight excluding hydrogens is 924 g/mol. The van der Waals surface area contributed by atoms with Crippen molar-refractivity contribution in [2.24, 2.45) is 5.41 Å². The fourth-order valence-corrected chi connectivity index (χ4v) is 5.59. The second kappa shape index (κ2) is 20.9. The lowest BCUT2D eigenvalue weighted by molar-refractivity contribution is -0.409. The Morgan fingerprint density at radius 1 is 0.656 bits per heavy atom. The van der Waals surface area contributed by atoms with E-state index in [0.717, 1.165) is 6.08 Å². The van der Waals surface area contributed by atoms with Gasteiger partial charge in [0.25, 0.3) is 5.97 Å². The Balaban J connectivity index is 2.09. The smallest absolute Gasteiger partial charge is 0.460 e. The number of carbonyl (C=O) groups excluding carboxylic acids is 2. The minimum atomic E-state index is -7.32. The summed E-state index contributed by atoms with van der Waals surface area (Å²) in [5, 5.41) is 3.01. The van der Waals surface area contributed by atoms with Gasteiger partial charge in [-0.3, -0.25) is 4.79 Å². The van der Waals surface area contributed by atoms with E-state index >= 15 is 0 Å². The minimum Gasteiger partial charge on any atom is -0.494 e. The van der Waals surface area contributed by atoms with Gasteiger partial charge in [0.05, 0.1) is 19.8 Å². The molecule has 1 aliphatic rings. The maximum Gasteiger partial charge on any atom is 0.460 e. The number of hydrogen-bond donors (Lipinski definition) is 1. The first-order chi connectivity index (χ1) is 29.0. The first kappa shape index (κ1) is 56.4. The van der Waals surface area contributed by atoms with E-state index in [1.54, 1.807) is 0 Å². The van der Waals surface area contributed by atoms with Crippen molar-refractivity contribution in [2.45, 2.75) is 145 Å². The van der Waals surface area contributed by atoms with Crippen LogP contribution >= 0.6 is 0 Å². The first-order valence-electron chi connectivity index (χ1n) is 19.1. The zero-order valence-corrected chi connectivity index (χ0v) is 34.3. The molecule has 1 aromatic carbocycles. The summed E-state index contributed by atoms with van der Waals surface area (Å²) in [5.74, 6) is -45.3. The number of alkyl halides is 18. The molecule has 0 radical (unpaired) electrons. The van der Waals surface area contributed by atoms with E-state index in [4.69, 9.17) is 14.2 Å². The Hall–Kier alpha value is -3.68. The van der Waals surface area contributed by atoms with Gasteiger partial charge < -0.3 is 29.0 Å². The summed E-state index contributed by atoms with van der Waals surface area (Å²) < 4.78 is 265. The monoisotopic (exact) mass is 969 g/mol. The lowest BCUT2D eigenvalue weighted by Crippen LogP contribution is -2.61. The predicted molar refractivity (Wildman–Crippen MR) is 187 cm³/mol. The maximum absolute atomic E-state index is 14.1. The number of halogens is 18. The molecule has 0 bridgehead atoms. The average molecular weight is 970 g/mol. The third-order valence-electron chi connectivity index (χ3n) is 10.2. The third kappa shape index (κ3) is 13.5. The number of methoxy groups -OCH3 is 1. The van der Waals surface area contributed by atoms with Crippen LogP contribution in [-0.4, -0.2) is 105 Å². The van der Waals surface area contributed by atoms with Crippen LogP contribution < -0.4 is 10.1 Å². The van der Waals surface area contributed by atoms with E-state index < -0.39 is 117 Å². The van der Waals surface area contributed by atoms with Crippen molar-refractivity contribution in [3.8, 4) is 5.75 Å². The number of rotatable bonds is 24. The molecule has 0 spiro atoms.